The summed E-state index contributed by atoms with van der Waals surface area (Å²) in [5.74, 6) is -1.82. The van der Waals surface area contributed by atoms with E-state index in [4.69, 9.17) is 16.3 Å². The number of carbonyl (C=O) groups is 3. The van der Waals surface area contributed by atoms with E-state index in [1.165, 1.54) is 25.9 Å². The second-order valence-corrected chi connectivity index (χ2v) is 8.73. The van der Waals surface area contributed by atoms with E-state index in [-0.39, 0.29) is 17.9 Å². The molecular weight excluding hydrogens is 402 g/mol. The largest absolute Gasteiger partial charge is 0.467 e. The highest BCUT2D eigenvalue weighted by atomic mass is 35.5. The minimum absolute atomic E-state index is 0.253. The molecule has 3 aliphatic heterocycles. The van der Waals surface area contributed by atoms with Crippen molar-refractivity contribution in [2.24, 2.45) is 16.8 Å². The van der Waals surface area contributed by atoms with Gasteiger partial charge in [-0.15, -0.1) is 0 Å². The van der Waals surface area contributed by atoms with Crippen LogP contribution < -0.4 is 0 Å². The summed E-state index contributed by atoms with van der Waals surface area (Å²) in [7, 11) is 2.77. The van der Waals surface area contributed by atoms with Gasteiger partial charge in [0.05, 0.1) is 31.5 Å². The van der Waals surface area contributed by atoms with E-state index < -0.39 is 23.3 Å². The molecule has 0 bridgehead atoms. The molecule has 0 N–H and O–H groups in total. The summed E-state index contributed by atoms with van der Waals surface area (Å²) in [5.41, 5.74) is -0.198. The minimum Gasteiger partial charge on any atom is -0.467 e. The van der Waals surface area contributed by atoms with Crippen molar-refractivity contribution in [2.45, 2.75) is 24.3 Å². The standard InChI is InChI=1S/C19H20ClN3O4S/c1-19(17(26)27-3)14-13(15(24)22(2)16(14)25)12-8-21-18(23(12)19)28-9-10-4-6-11(20)7-5-10/h4-7,12-14H,8-9H2,1-3H3/t12-,13+,14-,19-/m1/s1. The van der Waals surface area contributed by atoms with Crippen molar-refractivity contribution in [1.82, 2.24) is 9.80 Å². The average molecular weight is 422 g/mol. The molecule has 0 spiro atoms. The number of esters is 1. The molecule has 2 fully saturated rings. The number of hydrogen-bond acceptors (Lipinski definition) is 7. The number of likely N-dealkylation sites (tertiary alicyclic amines) is 1. The van der Waals surface area contributed by atoms with Crippen LogP contribution in [0.25, 0.3) is 0 Å². The van der Waals surface area contributed by atoms with Gasteiger partial charge in [-0.3, -0.25) is 19.5 Å². The van der Waals surface area contributed by atoms with Crippen molar-refractivity contribution in [1.29, 1.82) is 0 Å². The smallest absolute Gasteiger partial charge is 0.332 e. The van der Waals surface area contributed by atoms with Crippen LogP contribution in [0.5, 0.6) is 0 Å². The first kappa shape index (κ1) is 19.3. The van der Waals surface area contributed by atoms with Crippen molar-refractivity contribution in [3.63, 3.8) is 0 Å². The maximum atomic E-state index is 12.8. The summed E-state index contributed by atoms with van der Waals surface area (Å²) < 4.78 is 5.06. The number of benzene rings is 1. The average Bonchev–Trinajstić information content (AvgIpc) is 3.29. The summed E-state index contributed by atoms with van der Waals surface area (Å²) in [4.78, 5) is 45.9. The van der Waals surface area contributed by atoms with E-state index in [0.717, 1.165) is 10.5 Å². The van der Waals surface area contributed by atoms with Crippen LogP contribution in [0, 0.1) is 11.8 Å². The van der Waals surface area contributed by atoms with Crippen LogP contribution in [-0.2, 0) is 24.9 Å². The maximum Gasteiger partial charge on any atom is 0.332 e. The third-order valence-corrected chi connectivity index (χ3v) is 7.24. The summed E-state index contributed by atoms with van der Waals surface area (Å²) in [6.45, 7) is 2.06. The summed E-state index contributed by atoms with van der Waals surface area (Å²) >= 11 is 7.42. The number of methoxy groups -OCH3 is 1. The molecule has 7 nitrogen and oxygen atoms in total. The number of carbonyl (C=O) groups excluding carboxylic acids is 3. The lowest BCUT2D eigenvalue weighted by Gasteiger charge is -2.37. The number of nitrogens with zero attached hydrogens (tertiary/aromatic N) is 3. The number of amides is 2. The van der Waals surface area contributed by atoms with Crippen molar-refractivity contribution < 1.29 is 19.1 Å². The number of halogens is 1. The number of amidine groups is 1. The van der Waals surface area contributed by atoms with Gasteiger partial charge in [0.2, 0.25) is 11.8 Å². The first-order valence-corrected chi connectivity index (χ1v) is 10.3. The van der Waals surface area contributed by atoms with Gasteiger partial charge in [-0.1, -0.05) is 35.5 Å². The van der Waals surface area contributed by atoms with Gasteiger partial charge in [0, 0.05) is 17.8 Å². The Hall–Kier alpha value is -2.06. The molecule has 1 aromatic rings. The minimum atomic E-state index is -1.26. The van der Waals surface area contributed by atoms with Gasteiger partial charge in [-0.25, -0.2) is 4.79 Å². The third kappa shape index (κ3) is 2.58. The predicted octanol–water partition coefficient (Wildman–Crippen LogP) is 1.79. The van der Waals surface area contributed by atoms with Gasteiger partial charge >= 0.3 is 5.97 Å². The summed E-state index contributed by atoms with van der Waals surface area (Å²) in [6.07, 6.45) is 0. The molecule has 0 saturated carbocycles. The van der Waals surface area contributed by atoms with Gasteiger partial charge in [0.25, 0.3) is 0 Å². The molecule has 4 rings (SSSR count). The zero-order valence-electron chi connectivity index (χ0n) is 15.7. The molecule has 3 aliphatic rings. The molecule has 2 amide bonds. The second-order valence-electron chi connectivity index (χ2n) is 7.35. The Morgan fingerprint density at radius 2 is 2.00 bits per heavy atom. The number of ether oxygens (including phenoxy) is 1. The molecule has 9 heteroatoms. The van der Waals surface area contributed by atoms with Gasteiger partial charge < -0.3 is 9.64 Å². The summed E-state index contributed by atoms with van der Waals surface area (Å²) in [6, 6.07) is 7.19. The number of thioether (sulfide) groups is 1. The van der Waals surface area contributed by atoms with Crippen LogP contribution in [0.15, 0.2) is 29.3 Å². The zero-order chi connectivity index (χ0) is 20.2. The predicted molar refractivity (Wildman–Crippen MR) is 106 cm³/mol. The fourth-order valence-electron chi connectivity index (χ4n) is 4.53. The van der Waals surface area contributed by atoms with E-state index in [0.29, 0.717) is 22.5 Å². The highest BCUT2D eigenvalue weighted by molar-refractivity contribution is 8.13. The summed E-state index contributed by atoms with van der Waals surface area (Å²) in [5, 5.41) is 1.32. The molecule has 3 heterocycles. The lowest BCUT2D eigenvalue weighted by atomic mass is 9.81. The zero-order valence-corrected chi connectivity index (χ0v) is 17.3. The lowest BCUT2D eigenvalue weighted by Crippen LogP contribution is -2.57. The monoisotopic (exact) mass is 421 g/mol. The Bertz CT molecular complexity index is 890. The molecule has 2 saturated heterocycles. The number of hydrogen-bond donors (Lipinski definition) is 0. The van der Waals surface area contributed by atoms with E-state index in [9.17, 15) is 14.4 Å². The topological polar surface area (TPSA) is 79.3 Å². The molecule has 0 aromatic heterocycles. The maximum absolute atomic E-state index is 12.8. The van der Waals surface area contributed by atoms with Crippen molar-refractivity contribution in [2.75, 3.05) is 20.7 Å². The first-order valence-electron chi connectivity index (χ1n) is 8.91. The third-order valence-electron chi connectivity index (χ3n) is 5.92. The van der Waals surface area contributed by atoms with Gasteiger partial charge in [-0.05, 0) is 24.6 Å². The van der Waals surface area contributed by atoms with Crippen LogP contribution in [0.3, 0.4) is 0 Å². The molecule has 0 aliphatic carbocycles. The van der Waals surface area contributed by atoms with Crippen molar-refractivity contribution in [3.05, 3.63) is 34.9 Å². The van der Waals surface area contributed by atoms with Crippen LogP contribution >= 0.6 is 23.4 Å². The lowest BCUT2D eigenvalue weighted by molar-refractivity contribution is -0.156. The van der Waals surface area contributed by atoms with E-state index in [1.54, 1.807) is 6.92 Å². The van der Waals surface area contributed by atoms with Crippen LogP contribution in [0.1, 0.15) is 12.5 Å². The van der Waals surface area contributed by atoms with Crippen molar-refractivity contribution >= 4 is 46.3 Å². The van der Waals surface area contributed by atoms with E-state index in [2.05, 4.69) is 4.99 Å². The molecule has 0 unspecified atom stereocenters. The fraction of sp³-hybridized carbons (Fsp3) is 0.474. The molecule has 0 radical (unpaired) electrons. The van der Waals surface area contributed by atoms with E-state index in [1.807, 2.05) is 29.2 Å². The second kappa shape index (κ2) is 6.77. The van der Waals surface area contributed by atoms with Gasteiger partial charge in [0.15, 0.2) is 5.17 Å². The van der Waals surface area contributed by atoms with Gasteiger partial charge in [-0.2, -0.15) is 0 Å². The van der Waals surface area contributed by atoms with Crippen LogP contribution in [-0.4, -0.2) is 65.0 Å². The highest BCUT2D eigenvalue weighted by Gasteiger charge is 2.71. The Labute approximate surface area is 172 Å². The first-order chi connectivity index (χ1) is 13.3. The Kier molecular flexibility index (Phi) is 4.66. The van der Waals surface area contributed by atoms with E-state index >= 15 is 0 Å². The highest BCUT2D eigenvalue weighted by Crippen LogP contribution is 2.52. The number of fused-ring (bicyclic) bond motifs is 3. The molecular formula is C19H20ClN3O4S. The number of imide groups is 1. The van der Waals surface area contributed by atoms with Gasteiger partial charge in [0.1, 0.15) is 5.54 Å². The molecule has 4 atom stereocenters. The number of aliphatic imine (C=N–C) groups is 1. The van der Waals surface area contributed by atoms with Crippen LogP contribution in [0.2, 0.25) is 5.02 Å². The Morgan fingerprint density at radius 1 is 1.32 bits per heavy atom. The van der Waals surface area contributed by atoms with Crippen molar-refractivity contribution in [3.8, 4) is 0 Å². The fourth-order valence-corrected chi connectivity index (χ4v) is 5.77. The Balaban J connectivity index is 1.65. The molecule has 1 aromatic carbocycles. The normalized spacial score (nSPS) is 31.1. The van der Waals surface area contributed by atoms with Crippen LogP contribution in [0.4, 0.5) is 0 Å². The quantitative estimate of drug-likeness (QED) is 0.547. The Morgan fingerprint density at radius 3 is 2.64 bits per heavy atom. The molecule has 148 valence electrons. The molecule has 28 heavy (non-hydrogen) atoms. The number of rotatable bonds is 3. The SMILES string of the molecule is COC(=O)[C@@]1(C)[C@H]2C(=O)N(C)C(=O)[C@H]2[C@H]2CN=C(SCc3ccc(Cl)cc3)N21.